The first-order valence-electron chi connectivity index (χ1n) is 12.0. The lowest BCUT2D eigenvalue weighted by molar-refractivity contribution is 0.317. The zero-order valence-corrected chi connectivity index (χ0v) is 19.8. The van der Waals surface area contributed by atoms with E-state index in [0.29, 0.717) is 5.02 Å². The number of aliphatic imine (C=N–C) groups is 1. The first kappa shape index (κ1) is 24.7. The Balaban J connectivity index is 1.45. The molecule has 1 unspecified atom stereocenters. The summed E-state index contributed by atoms with van der Waals surface area (Å²) in [5, 5.41) is 0.627. The molecule has 0 saturated carbocycles. The van der Waals surface area contributed by atoms with Gasteiger partial charge in [0, 0.05) is 5.02 Å². The maximum absolute atomic E-state index is 14.0. The molecule has 3 rings (SSSR count). The van der Waals surface area contributed by atoms with Gasteiger partial charge in [0.25, 0.3) is 0 Å². The van der Waals surface area contributed by atoms with E-state index >= 15 is 0 Å². The third-order valence-electron chi connectivity index (χ3n) is 6.07. The molecule has 32 heavy (non-hydrogen) atoms. The lowest BCUT2D eigenvalue weighted by atomic mass is 10.0. The molecule has 0 aliphatic carbocycles. The number of nitrogens with zero attached hydrogens (tertiary/aromatic N) is 1. The van der Waals surface area contributed by atoms with Crippen molar-refractivity contribution in [2.45, 2.75) is 83.6 Å². The van der Waals surface area contributed by atoms with Crippen molar-refractivity contribution in [1.29, 1.82) is 0 Å². The molecule has 1 heterocycles. The van der Waals surface area contributed by atoms with E-state index in [-0.39, 0.29) is 24.1 Å². The number of ether oxygens (including phenoxy) is 1. The van der Waals surface area contributed by atoms with Crippen LogP contribution in [0, 0.1) is 11.6 Å². The summed E-state index contributed by atoms with van der Waals surface area (Å²) in [4.78, 5) is 4.40. The molecule has 0 spiro atoms. The van der Waals surface area contributed by atoms with Crippen LogP contribution >= 0.6 is 11.6 Å². The van der Waals surface area contributed by atoms with E-state index in [1.807, 2.05) is 12.1 Å². The van der Waals surface area contributed by atoms with E-state index in [1.165, 1.54) is 81.5 Å². The van der Waals surface area contributed by atoms with Gasteiger partial charge in [-0.25, -0.2) is 13.8 Å². The van der Waals surface area contributed by atoms with Crippen LogP contribution < -0.4 is 0 Å². The summed E-state index contributed by atoms with van der Waals surface area (Å²) in [6, 6.07) is 9.40. The quantitative estimate of drug-likeness (QED) is 0.273. The Morgan fingerprint density at radius 3 is 2.16 bits per heavy atom. The Hall–Kier alpha value is -1.94. The molecular formula is C27H34ClF2NO. The van der Waals surface area contributed by atoms with Crippen LogP contribution in [-0.4, -0.2) is 12.5 Å². The van der Waals surface area contributed by atoms with Crippen LogP contribution in [0.5, 0.6) is 0 Å². The Morgan fingerprint density at radius 2 is 1.53 bits per heavy atom. The monoisotopic (exact) mass is 461 g/mol. The molecule has 2 aromatic rings. The largest absolute Gasteiger partial charge is 0.475 e. The van der Waals surface area contributed by atoms with Gasteiger partial charge in [-0.3, -0.25) is 0 Å². The fourth-order valence-corrected chi connectivity index (χ4v) is 4.51. The molecule has 0 amide bonds. The minimum Gasteiger partial charge on any atom is -0.475 e. The van der Waals surface area contributed by atoms with Crippen LogP contribution in [-0.2, 0) is 11.2 Å². The molecule has 0 bridgehead atoms. The van der Waals surface area contributed by atoms with Gasteiger partial charge >= 0.3 is 0 Å². The van der Waals surface area contributed by atoms with Gasteiger partial charge in [-0.1, -0.05) is 94.5 Å². The van der Waals surface area contributed by atoms with E-state index in [2.05, 4.69) is 18.0 Å². The van der Waals surface area contributed by atoms with E-state index in [0.717, 1.165) is 18.4 Å². The highest BCUT2D eigenvalue weighted by Gasteiger charge is 2.27. The number of rotatable bonds is 13. The maximum atomic E-state index is 14.0. The standard InChI is InChI=1S/C27H34ClF2NO/c1-2-3-4-5-6-7-8-9-10-11-13-20-16-17-21(22(28)18-20)25-19-32-27(31-25)26-23(29)14-12-15-24(26)30/h12,14-18,25H,2-11,13,19H2,1H3. The Kier molecular flexibility index (Phi) is 9.98. The highest BCUT2D eigenvalue weighted by Crippen LogP contribution is 2.32. The second-order valence-electron chi connectivity index (χ2n) is 8.65. The minimum absolute atomic E-state index is 0.00360. The smallest absolute Gasteiger partial charge is 0.222 e. The summed E-state index contributed by atoms with van der Waals surface area (Å²) in [5.41, 5.74) is 1.82. The van der Waals surface area contributed by atoms with Crippen molar-refractivity contribution in [1.82, 2.24) is 0 Å². The van der Waals surface area contributed by atoms with Crippen LogP contribution in [0.1, 0.15) is 93.9 Å². The minimum atomic E-state index is -0.678. The fraction of sp³-hybridized carbons (Fsp3) is 0.519. The number of unbranched alkanes of at least 4 members (excludes halogenated alkanes) is 9. The molecule has 0 radical (unpaired) electrons. The van der Waals surface area contributed by atoms with Crippen molar-refractivity contribution in [2.75, 3.05) is 6.61 Å². The summed E-state index contributed by atoms with van der Waals surface area (Å²) in [7, 11) is 0. The number of benzene rings is 2. The number of halogens is 3. The van der Waals surface area contributed by atoms with Gasteiger partial charge in [0.05, 0.1) is 0 Å². The van der Waals surface area contributed by atoms with E-state index < -0.39 is 11.6 Å². The lowest BCUT2D eigenvalue weighted by Gasteiger charge is -2.10. The molecule has 1 aliphatic heterocycles. The van der Waals surface area contributed by atoms with Gasteiger partial charge in [-0.15, -0.1) is 0 Å². The van der Waals surface area contributed by atoms with Crippen molar-refractivity contribution >= 4 is 17.5 Å². The molecule has 174 valence electrons. The zero-order chi connectivity index (χ0) is 22.8. The number of aryl methyl sites for hydroxylation is 1. The highest BCUT2D eigenvalue weighted by molar-refractivity contribution is 6.31. The summed E-state index contributed by atoms with van der Waals surface area (Å²) >= 11 is 6.53. The third kappa shape index (κ3) is 7.03. The topological polar surface area (TPSA) is 21.6 Å². The van der Waals surface area contributed by atoms with Gasteiger partial charge in [-0.05, 0) is 42.2 Å². The molecule has 1 aliphatic rings. The van der Waals surface area contributed by atoms with Crippen molar-refractivity contribution < 1.29 is 13.5 Å². The summed E-state index contributed by atoms with van der Waals surface area (Å²) in [6.07, 6.45) is 14.2. The zero-order valence-electron chi connectivity index (χ0n) is 19.0. The van der Waals surface area contributed by atoms with Crippen molar-refractivity contribution in [3.05, 3.63) is 69.7 Å². The third-order valence-corrected chi connectivity index (χ3v) is 6.40. The first-order valence-corrected chi connectivity index (χ1v) is 12.4. The predicted octanol–water partition coefficient (Wildman–Crippen LogP) is 8.60. The molecule has 1 atom stereocenters. The Labute approximate surface area is 196 Å². The second kappa shape index (κ2) is 12.9. The summed E-state index contributed by atoms with van der Waals surface area (Å²) < 4.78 is 33.5. The molecule has 2 aromatic carbocycles. The van der Waals surface area contributed by atoms with Gasteiger partial charge < -0.3 is 4.74 Å². The van der Waals surface area contributed by atoms with E-state index in [9.17, 15) is 8.78 Å². The molecule has 5 heteroatoms. The Bertz CT molecular complexity index is 879. The SMILES string of the molecule is CCCCCCCCCCCCc1ccc(C2COC(c3c(F)cccc3F)=N2)c(Cl)c1. The Morgan fingerprint density at radius 1 is 0.906 bits per heavy atom. The number of hydrogen-bond donors (Lipinski definition) is 0. The average Bonchev–Trinajstić information content (AvgIpc) is 3.24. The van der Waals surface area contributed by atoms with Crippen LogP contribution in [0.2, 0.25) is 5.02 Å². The second-order valence-corrected chi connectivity index (χ2v) is 9.05. The van der Waals surface area contributed by atoms with Crippen LogP contribution in [0.15, 0.2) is 41.4 Å². The van der Waals surface area contributed by atoms with Crippen LogP contribution in [0.25, 0.3) is 0 Å². The highest BCUT2D eigenvalue weighted by atomic mass is 35.5. The maximum Gasteiger partial charge on any atom is 0.222 e. The molecule has 0 aromatic heterocycles. The van der Waals surface area contributed by atoms with Crippen LogP contribution in [0.3, 0.4) is 0 Å². The van der Waals surface area contributed by atoms with Gasteiger partial charge in [-0.2, -0.15) is 0 Å². The fourth-order valence-electron chi connectivity index (χ4n) is 4.19. The summed E-state index contributed by atoms with van der Waals surface area (Å²) in [6.45, 7) is 2.48. The van der Waals surface area contributed by atoms with Crippen LogP contribution in [0.4, 0.5) is 8.78 Å². The molecule has 0 N–H and O–H groups in total. The van der Waals surface area contributed by atoms with Crippen molar-refractivity contribution in [3.8, 4) is 0 Å². The number of hydrogen-bond acceptors (Lipinski definition) is 2. The molecule has 0 fully saturated rings. The first-order chi connectivity index (χ1) is 15.6. The van der Waals surface area contributed by atoms with Gasteiger partial charge in [0.1, 0.15) is 29.8 Å². The van der Waals surface area contributed by atoms with E-state index in [4.69, 9.17) is 16.3 Å². The van der Waals surface area contributed by atoms with Gasteiger partial charge in [0.15, 0.2) is 0 Å². The normalized spacial score (nSPS) is 15.6. The lowest BCUT2D eigenvalue weighted by Crippen LogP contribution is -2.07. The van der Waals surface area contributed by atoms with Crippen molar-refractivity contribution in [3.63, 3.8) is 0 Å². The average molecular weight is 462 g/mol. The molecular weight excluding hydrogens is 428 g/mol. The summed E-state index contributed by atoms with van der Waals surface area (Å²) in [5.74, 6) is -1.36. The molecule has 2 nitrogen and oxygen atoms in total. The van der Waals surface area contributed by atoms with Gasteiger partial charge in [0.2, 0.25) is 5.90 Å². The predicted molar refractivity (Wildman–Crippen MR) is 129 cm³/mol. The van der Waals surface area contributed by atoms with Crippen molar-refractivity contribution in [2.24, 2.45) is 4.99 Å². The van der Waals surface area contributed by atoms with E-state index in [1.54, 1.807) is 0 Å². The molecule has 0 saturated heterocycles.